The summed E-state index contributed by atoms with van der Waals surface area (Å²) in [5.41, 5.74) is 3.15. The lowest BCUT2D eigenvalue weighted by Gasteiger charge is -2.36. The second kappa shape index (κ2) is 7.96. The maximum atomic E-state index is 12.0. The second-order valence-electron chi connectivity index (χ2n) is 7.05. The topological polar surface area (TPSA) is 36.7 Å². The minimum absolute atomic E-state index is 0.335. The summed E-state index contributed by atoms with van der Waals surface area (Å²) in [5.74, 6) is 0. The number of halogens is 3. The Labute approximate surface area is 178 Å². The first-order valence-electron chi connectivity index (χ1n) is 9.06. The molecule has 1 saturated heterocycles. The monoisotopic (exact) mass is 436 g/mol. The van der Waals surface area contributed by atoms with Gasteiger partial charge in [-0.05, 0) is 48.4 Å². The van der Waals surface area contributed by atoms with Gasteiger partial charge in [0.05, 0.1) is 10.0 Å². The highest BCUT2D eigenvalue weighted by molar-refractivity contribution is 6.42. The predicted molar refractivity (Wildman–Crippen MR) is 116 cm³/mol. The van der Waals surface area contributed by atoms with Gasteiger partial charge < -0.3 is 9.32 Å². The molecule has 0 atom stereocenters. The van der Waals surface area contributed by atoms with Crippen molar-refractivity contribution in [1.29, 1.82) is 0 Å². The molecule has 0 saturated carbocycles. The summed E-state index contributed by atoms with van der Waals surface area (Å²) < 4.78 is 5.36. The van der Waals surface area contributed by atoms with E-state index in [0.717, 1.165) is 48.4 Å². The first kappa shape index (κ1) is 19.6. The summed E-state index contributed by atoms with van der Waals surface area (Å²) in [6, 6.07) is 11.0. The largest absolute Gasteiger partial charge is 0.423 e. The molecule has 2 heterocycles. The number of hydrogen-bond donors (Lipinski definition) is 0. The SMILES string of the molecule is Cc1cc2oc(=O)cc(CN3CCN(c4ccc(Cl)c(Cl)c4)CC3)c2cc1Cl. The van der Waals surface area contributed by atoms with Gasteiger partial charge in [-0.15, -0.1) is 0 Å². The maximum absolute atomic E-state index is 12.0. The standard InChI is InChI=1S/C21H19Cl3N2O2/c1-13-8-20-16(11-18(13)23)14(9-21(27)28-20)12-25-4-6-26(7-5-25)15-2-3-17(22)19(24)10-15/h2-3,8-11H,4-7,12H2,1H3. The van der Waals surface area contributed by atoms with Gasteiger partial charge in [-0.3, -0.25) is 4.90 Å². The highest BCUT2D eigenvalue weighted by atomic mass is 35.5. The van der Waals surface area contributed by atoms with Crippen molar-refractivity contribution in [3.8, 4) is 0 Å². The molecule has 4 rings (SSSR count). The van der Waals surface area contributed by atoms with E-state index in [1.807, 2.05) is 37.3 Å². The molecule has 2 aromatic carbocycles. The van der Waals surface area contributed by atoms with Crippen LogP contribution in [0.5, 0.6) is 0 Å². The molecule has 0 aliphatic carbocycles. The van der Waals surface area contributed by atoms with Crippen molar-refractivity contribution in [3.63, 3.8) is 0 Å². The fourth-order valence-electron chi connectivity index (χ4n) is 3.57. The minimum atomic E-state index is -0.335. The second-order valence-corrected chi connectivity index (χ2v) is 8.27. The van der Waals surface area contributed by atoms with E-state index in [-0.39, 0.29) is 5.63 Å². The van der Waals surface area contributed by atoms with Crippen LogP contribution in [0.1, 0.15) is 11.1 Å². The molecule has 146 valence electrons. The normalized spacial score (nSPS) is 15.4. The fourth-order valence-corrected chi connectivity index (χ4v) is 4.02. The maximum Gasteiger partial charge on any atom is 0.336 e. The van der Waals surface area contributed by atoms with Gasteiger partial charge in [-0.1, -0.05) is 34.8 Å². The Morgan fingerprint density at radius 3 is 2.39 bits per heavy atom. The van der Waals surface area contributed by atoms with Gasteiger partial charge in [-0.2, -0.15) is 0 Å². The summed E-state index contributed by atoms with van der Waals surface area (Å²) in [6.45, 7) is 6.07. The van der Waals surface area contributed by atoms with Crippen LogP contribution in [0, 0.1) is 6.92 Å². The van der Waals surface area contributed by atoms with Gasteiger partial charge in [0.25, 0.3) is 0 Å². The predicted octanol–water partition coefficient (Wildman–Crippen LogP) is 5.38. The summed E-state index contributed by atoms with van der Waals surface area (Å²) >= 11 is 18.5. The highest BCUT2D eigenvalue weighted by Gasteiger charge is 2.19. The molecule has 28 heavy (non-hydrogen) atoms. The van der Waals surface area contributed by atoms with Crippen LogP contribution in [0.2, 0.25) is 15.1 Å². The lowest BCUT2D eigenvalue weighted by atomic mass is 10.1. The van der Waals surface area contributed by atoms with Crippen molar-refractivity contribution in [2.75, 3.05) is 31.1 Å². The van der Waals surface area contributed by atoms with Crippen LogP contribution in [0.4, 0.5) is 5.69 Å². The third-order valence-electron chi connectivity index (χ3n) is 5.14. The molecule has 0 spiro atoms. The number of rotatable bonds is 3. The van der Waals surface area contributed by atoms with Crippen molar-refractivity contribution in [2.24, 2.45) is 0 Å². The van der Waals surface area contributed by atoms with E-state index >= 15 is 0 Å². The Kier molecular flexibility index (Phi) is 5.57. The Morgan fingerprint density at radius 1 is 0.929 bits per heavy atom. The van der Waals surface area contributed by atoms with Crippen LogP contribution in [-0.2, 0) is 6.54 Å². The van der Waals surface area contributed by atoms with Crippen LogP contribution in [0.3, 0.4) is 0 Å². The van der Waals surface area contributed by atoms with Gasteiger partial charge in [-0.25, -0.2) is 4.79 Å². The van der Waals surface area contributed by atoms with Crippen LogP contribution in [0.25, 0.3) is 11.0 Å². The third kappa shape index (κ3) is 4.01. The Balaban J connectivity index is 1.51. The zero-order valence-electron chi connectivity index (χ0n) is 15.3. The molecule has 0 bridgehead atoms. The quantitative estimate of drug-likeness (QED) is 0.515. The van der Waals surface area contributed by atoms with E-state index in [4.69, 9.17) is 39.2 Å². The van der Waals surface area contributed by atoms with E-state index in [1.54, 1.807) is 6.07 Å². The van der Waals surface area contributed by atoms with Crippen molar-refractivity contribution in [2.45, 2.75) is 13.5 Å². The molecule has 0 amide bonds. The smallest absolute Gasteiger partial charge is 0.336 e. The average Bonchev–Trinajstić information content (AvgIpc) is 2.66. The summed E-state index contributed by atoms with van der Waals surface area (Å²) in [5, 5.41) is 2.69. The number of hydrogen-bond acceptors (Lipinski definition) is 4. The van der Waals surface area contributed by atoms with Crippen molar-refractivity contribution < 1.29 is 4.42 Å². The van der Waals surface area contributed by atoms with E-state index in [1.165, 1.54) is 0 Å². The number of aryl methyl sites for hydroxylation is 1. The number of anilines is 1. The molecule has 3 aromatic rings. The molecule has 1 aliphatic heterocycles. The molecule has 1 fully saturated rings. The van der Waals surface area contributed by atoms with Crippen molar-refractivity contribution >= 4 is 51.5 Å². The molecule has 7 heteroatoms. The lowest BCUT2D eigenvalue weighted by molar-refractivity contribution is 0.250. The average molecular weight is 438 g/mol. The molecule has 0 radical (unpaired) electrons. The van der Waals surface area contributed by atoms with Crippen LogP contribution < -0.4 is 10.5 Å². The first-order valence-corrected chi connectivity index (χ1v) is 10.2. The molecule has 0 unspecified atom stereocenters. The third-order valence-corrected chi connectivity index (χ3v) is 6.29. The minimum Gasteiger partial charge on any atom is -0.423 e. The van der Waals surface area contributed by atoms with E-state index in [2.05, 4.69) is 9.80 Å². The molecular weight excluding hydrogens is 419 g/mol. The van der Waals surface area contributed by atoms with Crippen LogP contribution in [-0.4, -0.2) is 31.1 Å². The van der Waals surface area contributed by atoms with E-state index in [9.17, 15) is 4.79 Å². The lowest BCUT2D eigenvalue weighted by Crippen LogP contribution is -2.46. The van der Waals surface area contributed by atoms with Gasteiger partial charge in [0.1, 0.15) is 5.58 Å². The van der Waals surface area contributed by atoms with Crippen molar-refractivity contribution in [1.82, 2.24) is 4.90 Å². The van der Waals surface area contributed by atoms with Gasteiger partial charge in [0.15, 0.2) is 0 Å². The van der Waals surface area contributed by atoms with Crippen LogP contribution in [0.15, 0.2) is 45.6 Å². The summed E-state index contributed by atoms with van der Waals surface area (Å²) in [4.78, 5) is 16.6. The number of benzene rings is 2. The summed E-state index contributed by atoms with van der Waals surface area (Å²) in [6.07, 6.45) is 0. The van der Waals surface area contributed by atoms with Gasteiger partial charge in [0.2, 0.25) is 0 Å². The van der Waals surface area contributed by atoms with E-state index < -0.39 is 0 Å². The molecular formula is C21H19Cl3N2O2. The molecule has 0 N–H and O–H groups in total. The Morgan fingerprint density at radius 2 is 1.68 bits per heavy atom. The number of piperazine rings is 1. The molecule has 1 aromatic heterocycles. The molecule has 1 aliphatic rings. The Hall–Kier alpha value is -1.72. The zero-order valence-corrected chi connectivity index (χ0v) is 17.6. The number of fused-ring (bicyclic) bond motifs is 1. The van der Waals surface area contributed by atoms with Crippen molar-refractivity contribution in [3.05, 3.63) is 73.0 Å². The van der Waals surface area contributed by atoms with Gasteiger partial charge >= 0.3 is 5.63 Å². The first-order chi connectivity index (χ1) is 13.4. The fraction of sp³-hybridized carbons (Fsp3) is 0.286. The van der Waals surface area contributed by atoms with E-state index in [0.29, 0.717) is 27.2 Å². The molecule has 4 nitrogen and oxygen atoms in total. The van der Waals surface area contributed by atoms with Crippen LogP contribution >= 0.6 is 34.8 Å². The van der Waals surface area contributed by atoms with Gasteiger partial charge in [0, 0.05) is 54.9 Å². The highest BCUT2D eigenvalue weighted by Crippen LogP contribution is 2.29. The number of nitrogens with zero attached hydrogens (tertiary/aromatic N) is 2. The summed E-state index contributed by atoms with van der Waals surface area (Å²) in [7, 11) is 0. The zero-order chi connectivity index (χ0) is 19.8. The Bertz CT molecular complexity index is 1090.